The summed E-state index contributed by atoms with van der Waals surface area (Å²) in [5, 5.41) is 1.35. The molecule has 1 fully saturated rings. The summed E-state index contributed by atoms with van der Waals surface area (Å²) >= 11 is 2.02. The molecular formula is C49H51BN2S. The maximum absolute atomic E-state index is 2.88. The van der Waals surface area contributed by atoms with Gasteiger partial charge < -0.3 is 9.80 Å². The van der Waals surface area contributed by atoms with Crippen LogP contribution in [0.2, 0.25) is 0 Å². The quantitative estimate of drug-likeness (QED) is 0.165. The van der Waals surface area contributed by atoms with Crippen LogP contribution in [0.25, 0.3) is 21.2 Å². The van der Waals surface area contributed by atoms with Crippen molar-refractivity contribution in [1.29, 1.82) is 0 Å². The zero-order valence-electron chi connectivity index (χ0n) is 32.9. The number of nitrogens with zero attached hydrogens (tertiary/aromatic N) is 2. The van der Waals surface area contributed by atoms with Gasteiger partial charge in [0.2, 0.25) is 0 Å². The van der Waals surface area contributed by atoms with E-state index in [1.165, 1.54) is 108 Å². The van der Waals surface area contributed by atoms with Crippen LogP contribution in [0, 0.1) is 6.92 Å². The zero-order chi connectivity index (χ0) is 36.8. The Balaban J connectivity index is 1.35. The van der Waals surface area contributed by atoms with E-state index in [0.717, 1.165) is 0 Å². The highest BCUT2D eigenvalue weighted by Crippen LogP contribution is 2.62. The van der Waals surface area contributed by atoms with Gasteiger partial charge in [0.05, 0.1) is 16.9 Å². The van der Waals surface area contributed by atoms with Crippen LogP contribution in [0.5, 0.6) is 0 Å². The molecule has 4 aliphatic rings. The molecule has 6 aromatic rings. The fourth-order valence-corrected chi connectivity index (χ4v) is 12.0. The fraction of sp³-hybridized carbons (Fsp3) is 0.347. The molecule has 10 rings (SSSR count). The Kier molecular flexibility index (Phi) is 6.86. The van der Waals surface area contributed by atoms with Crippen LogP contribution in [-0.2, 0) is 16.2 Å². The van der Waals surface area contributed by atoms with Gasteiger partial charge in [0.15, 0.2) is 0 Å². The van der Waals surface area contributed by atoms with Crippen LogP contribution in [-0.4, -0.2) is 12.3 Å². The van der Waals surface area contributed by atoms with Crippen molar-refractivity contribution in [2.45, 2.75) is 110 Å². The molecule has 2 nitrogen and oxygen atoms in total. The van der Waals surface area contributed by atoms with Gasteiger partial charge in [0.25, 0.3) is 6.71 Å². The molecule has 2 atom stereocenters. The average molecular weight is 711 g/mol. The van der Waals surface area contributed by atoms with Crippen molar-refractivity contribution in [3.05, 3.63) is 119 Å². The molecule has 53 heavy (non-hydrogen) atoms. The SMILES string of the molecule is Cc1cc2c3c(c1)N1c4c(cc(C(C)(C)C)cc4C4(C)CCCCC14C)B3c1sc3ccccc3c1N2c1ccc(C(C)(C)C)cc1-c1ccccc1. The Morgan fingerprint density at radius 2 is 1.38 bits per heavy atom. The molecule has 4 heterocycles. The molecule has 5 aromatic carbocycles. The van der Waals surface area contributed by atoms with Crippen molar-refractivity contribution in [2.75, 3.05) is 9.80 Å². The first-order valence-corrected chi connectivity index (χ1v) is 20.7. The summed E-state index contributed by atoms with van der Waals surface area (Å²) in [7, 11) is 0. The number of anilines is 5. The Bertz CT molecular complexity index is 2500. The summed E-state index contributed by atoms with van der Waals surface area (Å²) in [6.45, 7) is 21.9. The summed E-state index contributed by atoms with van der Waals surface area (Å²) in [5.74, 6) is 0. The predicted octanol–water partition coefficient (Wildman–Crippen LogP) is 11.8. The van der Waals surface area contributed by atoms with E-state index in [1.807, 2.05) is 11.3 Å². The number of benzene rings is 5. The number of hydrogen-bond acceptors (Lipinski definition) is 3. The lowest BCUT2D eigenvalue weighted by Gasteiger charge is -2.52. The van der Waals surface area contributed by atoms with Gasteiger partial charge in [-0.05, 0) is 107 Å². The topological polar surface area (TPSA) is 6.48 Å². The lowest BCUT2D eigenvalue weighted by Crippen LogP contribution is -2.64. The summed E-state index contributed by atoms with van der Waals surface area (Å²) in [4.78, 5) is 5.56. The summed E-state index contributed by atoms with van der Waals surface area (Å²) < 4.78 is 2.83. The molecule has 1 aromatic heterocycles. The second kappa shape index (κ2) is 10.9. The maximum atomic E-state index is 2.88. The van der Waals surface area contributed by atoms with E-state index in [4.69, 9.17) is 0 Å². The Hall–Kier alpha value is -4.28. The highest BCUT2D eigenvalue weighted by atomic mass is 32.1. The zero-order valence-corrected chi connectivity index (χ0v) is 33.8. The Morgan fingerprint density at radius 1 is 0.679 bits per heavy atom. The van der Waals surface area contributed by atoms with E-state index >= 15 is 0 Å². The summed E-state index contributed by atoms with van der Waals surface area (Å²) in [6, 6.07) is 37.8. The highest BCUT2D eigenvalue weighted by molar-refractivity contribution is 7.33. The minimum Gasteiger partial charge on any atom is -0.335 e. The van der Waals surface area contributed by atoms with Gasteiger partial charge in [-0.15, -0.1) is 11.3 Å². The van der Waals surface area contributed by atoms with E-state index in [0.29, 0.717) is 0 Å². The first kappa shape index (κ1) is 33.3. The van der Waals surface area contributed by atoms with E-state index < -0.39 is 0 Å². The van der Waals surface area contributed by atoms with Crippen LogP contribution < -0.4 is 25.5 Å². The van der Waals surface area contributed by atoms with E-state index in [2.05, 4.69) is 169 Å². The number of fused-ring (bicyclic) bond motifs is 9. The second-order valence-corrected chi connectivity index (χ2v) is 20.1. The minimum atomic E-state index is 0.000199. The number of hydrogen-bond donors (Lipinski definition) is 0. The molecule has 2 unspecified atom stereocenters. The molecular weight excluding hydrogens is 659 g/mol. The average Bonchev–Trinajstić information content (AvgIpc) is 3.60. The van der Waals surface area contributed by atoms with E-state index in [1.54, 1.807) is 5.56 Å². The molecule has 0 spiro atoms. The van der Waals surface area contributed by atoms with Gasteiger partial charge in [0, 0.05) is 42.9 Å². The predicted molar refractivity (Wildman–Crippen MR) is 232 cm³/mol. The highest BCUT2D eigenvalue weighted by Gasteiger charge is 2.61. The normalized spacial score (nSPS) is 21.4. The van der Waals surface area contributed by atoms with Crippen molar-refractivity contribution < 1.29 is 0 Å². The first-order chi connectivity index (χ1) is 25.2. The lowest BCUT2D eigenvalue weighted by atomic mass is 9.36. The van der Waals surface area contributed by atoms with Crippen LogP contribution >= 0.6 is 11.3 Å². The van der Waals surface area contributed by atoms with Crippen molar-refractivity contribution in [1.82, 2.24) is 0 Å². The van der Waals surface area contributed by atoms with Crippen LogP contribution in [0.15, 0.2) is 97.1 Å². The minimum absolute atomic E-state index is 0.000199. The molecule has 0 radical (unpaired) electrons. The maximum Gasteiger partial charge on any atom is 0.264 e. The largest absolute Gasteiger partial charge is 0.335 e. The van der Waals surface area contributed by atoms with Crippen LogP contribution in [0.3, 0.4) is 0 Å². The van der Waals surface area contributed by atoms with Crippen LogP contribution in [0.1, 0.15) is 103 Å². The first-order valence-electron chi connectivity index (χ1n) is 19.9. The van der Waals surface area contributed by atoms with Gasteiger partial charge >= 0.3 is 0 Å². The van der Waals surface area contributed by atoms with Crippen molar-refractivity contribution in [2.24, 2.45) is 0 Å². The molecule has 0 N–H and O–H groups in total. The standard InChI is InChI=1S/C49H51BN2S/c1-30-25-39-42-40(26-30)52-44-36(48(8)23-15-16-24-49(48,52)9)28-33(47(5,6)7)29-37(44)50(42)45-43(34-19-13-14-20-41(34)53-45)51(39)38-22-21-32(46(2,3)4)27-35(38)31-17-11-10-12-18-31/h10-14,17-22,25-29H,15-16,23-24H2,1-9H3. The molecule has 0 amide bonds. The van der Waals surface area contributed by atoms with Crippen molar-refractivity contribution in [3.8, 4) is 11.1 Å². The molecule has 1 aliphatic carbocycles. The van der Waals surface area contributed by atoms with Crippen molar-refractivity contribution >= 4 is 72.3 Å². The lowest BCUT2D eigenvalue weighted by molar-refractivity contribution is 0.195. The van der Waals surface area contributed by atoms with E-state index in [-0.39, 0.29) is 28.5 Å². The smallest absolute Gasteiger partial charge is 0.264 e. The second-order valence-electron chi connectivity index (χ2n) is 19.0. The van der Waals surface area contributed by atoms with Gasteiger partial charge in [-0.2, -0.15) is 0 Å². The fourth-order valence-electron chi connectivity index (χ4n) is 10.6. The summed E-state index contributed by atoms with van der Waals surface area (Å²) in [5.41, 5.74) is 18.3. The van der Waals surface area contributed by atoms with Crippen molar-refractivity contribution in [3.63, 3.8) is 0 Å². The molecule has 0 bridgehead atoms. The van der Waals surface area contributed by atoms with Crippen LogP contribution in [0.4, 0.5) is 28.4 Å². The van der Waals surface area contributed by atoms with Gasteiger partial charge in [-0.3, -0.25) is 0 Å². The molecule has 3 aliphatic heterocycles. The third-order valence-corrected chi connectivity index (χ3v) is 15.0. The Morgan fingerprint density at radius 3 is 2.13 bits per heavy atom. The monoisotopic (exact) mass is 710 g/mol. The molecule has 266 valence electrons. The number of thiophene rings is 1. The van der Waals surface area contributed by atoms with E-state index in [9.17, 15) is 0 Å². The molecule has 1 saturated carbocycles. The Labute approximate surface area is 321 Å². The van der Waals surface area contributed by atoms with Gasteiger partial charge in [-0.1, -0.05) is 128 Å². The number of aryl methyl sites for hydroxylation is 1. The number of rotatable bonds is 2. The third kappa shape index (κ3) is 4.45. The van der Waals surface area contributed by atoms with Gasteiger partial charge in [0.1, 0.15) is 0 Å². The summed E-state index contributed by atoms with van der Waals surface area (Å²) in [6.07, 6.45) is 5.02. The molecule has 4 heteroatoms. The van der Waals surface area contributed by atoms with Gasteiger partial charge in [-0.25, -0.2) is 0 Å². The molecule has 0 saturated heterocycles. The third-order valence-electron chi connectivity index (χ3n) is 13.7.